The third kappa shape index (κ3) is 6.76. The molecule has 13 heteroatoms. The van der Waals surface area contributed by atoms with Crippen LogP contribution in [0, 0.1) is 6.92 Å². The molecule has 7 nitrogen and oxygen atoms in total. The highest BCUT2D eigenvalue weighted by molar-refractivity contribution is 5.34. The fourth-order valence-corrected chi connectivity index (χ4v) is 2.26. The van der Waals surface area contributed by atoms with Crippen LogP contribution in [0.5, 0.6) is 17.8 Å². The molecule has 0 saturated heterocycles. The second kappa shape index (κ2) is 8.70. The number of anilines is 1. The van der Waals surface area contributed by atoms with Crippen molar-refractivity contribution < 1.29 is 40.2 Å². The molecular formula is C18H14F6N4O3. The number of ether oxygens (including phenoxy) is 2. The maximum Gasteiger partial charge on any atom is 0.422 e. The lowest BCUT2D eigenvalue weighted by molar-refractivity contribution is -0.154. The lowest BCUT2D eigenvalue weighted by Gasteiger charge is -2.12. The van der Waals surface area contributed by atoms with Crippen molar-refractivity contribution in [2.24, 2.45) is 0 Å². The summed E-state index contributed by atoms with van der Waals surface area (Å²) in [6.07, 6.45) is -9.28. The van der Waals surface area contributed by atoms with E-state index < -0.39 is 36.5 Å². The minimum atomic E-state index is -4.66. The highest BCUT2D eigenvalue weighted by Crippen LogP contribution is 2.32. The number of aryl methyl sites for hydroxylation is 1. The van der Waals surface area contributed by atoms with Crippen molar-refractivity contribution in [3.8, 4) is 17.8 Å². The van der Waals surface area contributed by atoms with E-state index in [9.17, 15) is 26.3 Å². The van der Waals surface area contributed by atoms with Gasteiger partial charge in [0.1, 0.15) is 17.3 Å². The summed E-state index contributed by atoms with van der Waals surface area (Å²) in [4.78, 5) is 11.1. The number of benzene rings is 1. The molecule has 0 aliphatic heterocycles. The van der Waals surface area contributed by atoms with Gasteiger partial charge in [0.15, 0.2) is 6.61 Å². The molecule has 0 atom stereocenters. The normalized spacial score (nSPS) is 12.0. The van der Waals surface area contributed by atoms with E-state index in [1.165, 1.54) is 6.07 Å². The molecule has 0 saturated carbocycles. The molecule has 3 rings (SSSR count). The van der Waals surface area contributed by atoms with Crippen LogP contribution in [-0.2, 0) is 12.7 Å². The van der Waals surface area contributed by atoms with Gasteiger partial charge in [-0.05, 0) is 37.3 Å². The molecule has 1 aromatic carbocycles. The third-order valence-corrected chi connectivity index (χ3v) is 3.55. The van der Waals surface area contributed by atoms with Gasteiger partial charge in [0.25, 0.3) is 0 Å². The zero-order valence-corrected chi connectivity index (χ0v) is 15.7. The molecule has 166 valence electrons. The Kier molecular flexibility index (Phi) is 6.22. The lowest BCUT2D eigenvalue weighted by atomic mass is 10.2. The first kappa shape index (κ1) is 22.2. The summed E-state index contributed by atoms with van der Waals surface area (Å²) in [6, 6.07) is 5.88. The Bertz CT molecular complexity index is 1040. The van der Waals surface area contributed by atoms with E-state index in [-0.39, 0.29) is 18.2 Å². The molecule has 2 heterocycles. The van der Waals surface area contributed by atoms with Crippen LogP contribution in [0.15, 0.2) is 40.8 Å². The van der Waals surface area contributed by atoms with Gasteiger partial charge in [-0.3, -0.25) is 0 Å². The summed E-state index contributed by atoms with van der Waals surface area (Å²) in [5.41, 5.74) is -0.987. The van der Waals surface area contributed by atoms with E-state index in [2.05, 4.69) is 25.0 Å². The fourth-order valence-electron chi connectivity index (χ4n) is 2.26. The van der Waals surface area contributed by atoms with Crippen LogP contribution >= 0.6 is 0 Å². The Morgan fingerprint density at radius 2 is 1.71 bits per heavy atom. The van der Waals surface area contributed by atoms with Gasteiger partial charge in [0.05, 0.1) is 12.1 Å². The second-order valence-electron chi connectivity index (χ2n) is 6.12. The number of nitrogens with zero attached hydrogens (tertiary/aromatic N) is 3. The number of hydrogen-bond acceptors (Lipinski definition) is 7. The van der Waals surface area contributed by atoms with Crippen LogP contribution in [0.3, 0.4) is 0 Å². The Balaban J connectivity index is 1.83. The largest absolute Gasteiger partial charge is 0.465 e. The molecule has 1 N–H and O–H groups in total. The Labute approximate surface area is 171 Å². The summed E-state index contributed by atoms with van der Waals surface area (Å²) in [6.45, 7) is 0.104. The van der Waals surface area contributed by atoms with Crippen LogP contribution < -0.4 is 14.8 Å². The van der Waals surface area contributed by atoms with Gasteiger partial charge in [0.2, 0.25) is 5.95 Å². The van der Waals surface area contributed by atoms with Crippen molar-refractivity contribution in [3.63, 3.8) is 0 Å². The maximum atomic E-state index is 12.9. The molecule has 0 bridgehead atoms. The third-order valence-electron chi connectivity index (χ3n) is 3.55. The summed E-state index contributed by atoms with van der Waals surface area (Å²) in [7, 11) is 0. The molecule has 31 heavy (non-hydrogen) atoms. The number of hydrogen-bond donors (Lipinski definition) is 1. The van der Waals surface area contributed by atoms with Gasteiger partial charge in [-0.2, -0.15) is 36.3 Å². The number of alkyl halides is 6. The highest BCUT2D eigenvalue weighted by atomic mass is 19.4. The van der Waals surface area contributed by atoms with Gasteiger partial charge in [-0.25, -0.2) is 0 Å². The molecular weight excluding hydrogens is 434 g/mol. The van der Waals surface area contributed by atoms with Gasteiger partial charge in [0, 0.05) is 0 Å². The van der Waals surface area contributed by atoms with Gasteiger partial charge >= 0.3 is 24.4 Å². The summed E-state index contributed by atoms with van der Waals surface area (Å²) < 4.78 is 91.0. The number of furan rings is 1. The van der Waals surface area contributed by atoms with Crippen LogP contribution in [0.4, 0.5) is 32.3 Å². The summed E-state index contributed by atoms with van der Waals surface area (Å²) in [5.74, 6) is 0.602. The smallest absolute Gasteiger partial charge is 0.422 e. The lowest BCUT2D eigenvalue weighted by Crippen LogP contribution is -2.20. The molecule has 0 fully saturated rings. The number of rotatable bonds is 7. The highest BCUT2D eigenvalue weighted by Gasteiger charge is 2.31. The van der Waals surface area contributed by atoms with E-state index in [4.69, 9.17) is 9.15 Å². The molecule has 0 aliphatic rings. The molecule has 0 aliphatic carbocycles. The Morgan fingerprint density at radius 1 is 0.968 bits per heavy atom. The first-order valence-corrected chi connectivity index (χ1v) is 8.58. The van der Waals surface area contributed by atoms with Crippen molar-refractivity contribution >= 4 is 5.95 Å². The van der Waals surface area contributed by atoms with Gasteiger partial charge in [-0.15, -0.1) is 4.98 Å². The quantitative estimate of drug-likeness (QED) is 0.502. The Hall–Kier alpha value is -3.51. The summed E-state index contributed by atoms with van der Waals surface area (Å²) in [5, 5.41) is 2.70. The SMILES string of the molecule is Cc1ccc(CNc2nc(OCC(F)(F)F)nc(Oc3cccc(C(F)(F)F)c3)n2)o1. The van der Waals surface area contributed by atoms with E-state index in [0.717, 1.165) is 12.1 Å². The average Bonchev–Trinajstić information content (AvgIpc) is 3.09. The van der Waals surface area contributed by atoms with Gasteiger partial charge in [-0.1, -0.05) is 6.07 Å². The molecule has 0 unspecified atom stereocenters. The van der Waals surface area contributed by atoms with Gasteiger partial charge < -0.3 is 19.2 Å². The van der Waals surface area contributed by atoms with Crippen LogP contribution in [0.1, 0.15) is 17.1 Å². The minimum Gasteiger partial charge on any atom is -0.465 e. The maximum absolute atomic E-state index is 12.9. The van der Waals surface area contributed by atoms with Crippen molar-refractivity contribution in [3.05, 3.63) is 53.5 Å². The van der Waals surface area contributed by atoms with Crippen molar-refractivity contribution in [1.82, 2.24) is 15.0 Å². The predicted molar refractivity (Wildman–Crippen MR) is 93.7 cm³/mol. The van der Waals surface area contributed by atoms with Crippen LogP contribution in [-0.4, -0.2) is 27.7 Å². The monoisotopic (exact) mass is 448 g/mol. The van der Waals surface area contributed by atoms with E-state index in [1.54, 1.807) is 19.1 Å². The van der Waals surface area contributed by atoms with E-state index in [1.807, 2.05) is 0 Å². The molecule has 0 radical (unpaired) electrons. The van der Waals surface area contributed by atoms with E-state index in [0.29, 0.717) is 17.6 Å². The number of halogens is 6. The minimum absolute atomic E-state index is 0.0690. The average molecular weight is 448 g/mol. The molecule has 0 spiro atoms. The fraction of sp³-hybridized carbons (Fsp3) is 0.278. The molecule has 2 aromatic heterocycles. The first-order chi connectivity index (χ1) is 14.5. The zero-order chi connectivity index (χ0) is 22.6. The topological polar surface area (TPSA) is 82.3 Å². The van der Waals surface area contributed by atoms with Crippen molar-refractivity contribution in [2.75, 3.05) is 11.9 Å². The number of nitrogens with one attached hydrogen (secondary N) is 1. The molecule has 0 amide bonds. The van der Waals surface area contributed by atoms with E-state index >= 15 is 0 Å². The van der Waals surface area contributed by atoms with Crippen LogP contribution in [0.2, 0.25) is 0 Å². The zero-order valence-electron chi connectivity index (χ0n) is 15.7. The van der Waals surface area contributed by atoms with Crippen molar-refractivity contribution in [1.29, 1.82) is 0 Å². The summed E-state index contributed by atoms with van der Waals surface area (Å²) >= 11 is 0. The molecule has 3 aromatic rings. The standard InChI is InChI=1S/C18H14F6N4O3/c1-10-5-6-13(30-10)8-25-14-26-15(29-9-17(19,20)21)28-16(27-14)31-12-4-2-3-11(7-12)18(22,23)24/h2-7H,8-9H2,1H3,(H,25,26,27,28). The first-order valence-electron chi connectivity index (χ1n) is 8.58. The predicted octanol–water partition coefficient (Wildman–Crippen LogP) is 5.14. The van der Waals surface area contributed by atoms with Crippen molar-refractivity contribution in [2.45, 2.75) is 25.8 Å². The van der Waals surface area contributed by atoms with Crippen LogP contribution in [0.25, 0.3) is 0 Å². The Morgan fingerprint density at radius 3 is 2.35 bits per heavy atom. The number of aromatic nitrogens is 3. The second-order valence-corrected chi connectivity index (χ2v) is 6.12.